The third-order valence-electron chi connectivity index (χ3n) is 4.23. The molecule has 0 saturated carbocycles. The van der Waals surface area contributed by atoms with E-state index in [4.69, 9.17) is 4.52 Å². The summed E-state index contributed by atoms with van der Waals surface area (Å²) < 4.78 is 16.5. The monoisotopic (exact) mass is 362 g/mol. The molecule has 0 bridgehead atoms. The van der Waals surface area contributed by atoms with Gasteiger partial charge in [-0.05, 0) is 48.4 Å². The Morgan fingerprint density at radius 2 is 1.56 bits per heavy atom. The van der Waals surface area contributed by atoms with Crippen LogP contribution in [-0.2, 0) is 17.4 Å². The second kappa shape index (κ2) is 9.19. The Labute approximate surface area is 150 Å². The van der Waals surface area contributed by atoms with Crippen LogP contribution < -0.4 is 4.52 Å². The maximum Gasteiger partial charge on any atom is 0.524 e. The first kappa shape index (κ1) is 19.7. The molecule has 0 fully saturated rings. The highest BCUT2D eigenvalue weighted by molar-refractivity contribution is 7.46. The maximum absolute atomic E-state index is 11.4. The molecule has 0 amide bonds. The third kappa shape index (κ3) is 5.71. The summed E-state index contributed by atoms with van der Waals surface area (Å²) in [6, 6.07) is 13.4. The van der Waals surface area contributed by atoms with Gasteiger partial charge in [0.2, 0.25) is 0 Å². The average Bonchev–Trinajstić information content (AvgIpc) is 2.58. The molecule has 0 atom stereocenters. The third-order valence-corrected chi connectivity index (χ3v) is 4.67. The molecule has 0 heterocycles. The summed E-state index contributed by atoms with van der Waals surface area (Å²) in [6.07, 6.45) is 6.12. The van der Waals surface area contributed by atoms with Gasteiger partial charge in [-0.25, -0.2) is 4.57 Å². The van der Waals surface area contributed by atoms with E-state index in [2.05, 4.69) is 13.8 Å². The minimum absolute atomic E-state index is 0.255. The van der Waals surface area contributed by atoms with Gasteiger partial charge in [-0.2, -0.15) is 0 Å². The van der Waals surface area contributed by atoms with Crippen molar-refractivity contribution in [1.82, 2.24) is 0 Å². The van der Waals surface area contributed by atoms with E-state index in [0.29, 0.717) is 0 Å². The van der Waals surface area contributed by atoms with Crippen LogP contribution >= 0.6 is 7.82 Å². The molecular weight excluding hydrogens is 335 g/mol. The van der Waals surface area contributed by atoms with Crippen molar-refractivity contribution in [1.29, 1.82) is 0 Å². The molecule has 136 valence electrons. The first-order valence-electron chi connectivity index (χ1n) is 8.91. The average molecular weight is 362 g/mol. The maximum atomic E-state index is 11.4. The van der Waals surface area contributed by atoms with Crippen LogP contribution in [0.5, 0.6) is 5.75 Å². The Morgan fingerprint density at radius 3 is 2.16 bits per heavy atom. The minimum Gasteiger partial charge on any atom is -0.404 e. The number of hydrogen-bond donors (Lipinski definition) is 2. The van der Waals surface area contributed by atoms with Gasteiger partial charge in [0.1, 0.15) is 5.75 Å². The molecule has 4 nitrogen and oxygen atoms in total. The Kier molecular flexibility index (Phi) is 7.24. The van der Waals surface area contributed by atoms with Gasteiger partial charge >= 0.3 is 7.82 Å². The largest absolute Gasteiger partial charge is 0.524 e. The zero-order valence-electron chi connectivity index (χ0n) is 14.9. The Balaban J connectivity index is 2.62. The van der Waals surface area contributed by atoms with Crippen molar-refractivity contribution in [2.45, 2.75) is 52.4 Å². The van der Waals surface area contributed by atoms with Crippen molar-refractivity contribution < 1.29 is 18.9 Å². The van der Waals surface area contributed by atoms with Gasteiger partial charge in [0.15, 0.2) is 0 Å². The summed E-state index contributed by atoms with van der Waals surface area (Å²) in [5.74, 6) is 0.255. The lowest BCUT2D eigenvalue weighted by molar-refractivity contribution is 0.283. The summed E-state index contributed by atoms with van der Waals surface area (Å²) in [5, 5.41) is 0. The van der Waals surface area contributed by atoms with Crippen molar-refractivity contribution in [3.63, 3.8) is 0 Å². The molecular formula is C20H27O4P. The number of benzene rings is 2. The van der Waals surface area contributed by atoms with Gasteiger partial charge in [-0.15, -0.1) is 0 Å². The van der Waals surface area contributed by atoms with Gasteiger partial charge in [0.25, 0.3) is 0 Å². The second-order valence-electron chi connectivity index (χ2n) is 6.23. The molecule has 0 aliphatic heterocycles. The van der Waals surface area contributed by atoms with E-state index in [1.807, 2.05) is 36.4 Å². The molecule has 0 radical (unpaired) electrons. The second-order valence-corrected chi connectivity index (χ2v) is 7.40. The number of aryl methyl sites for hydroxylation is 1. The zero-order valence-corrected chi connectivity index (χ0v) is 15.8. The van der Waals surface area contributed by atoms with Crippen molar-refractivity contribution >= 4 is 7.82 Å². The molecule has 2 N–H and O–H groups in total. The molecule has 2 aromatic carbocycles. The van der Waals surface area contributed by atoms with Gasteiger partial charge in [-0.1, -0.05) is 63.1 Å². The van der Waals surface area contributed by atoms with E-state index in [0.717, 1.165) is 55.2 Å². The molecule has 0 aliphatic rings. The SMILES string of the molecule is CCCCc1ccc(OP(=O)(O)O)c(-c2ccccc2)c1CCCC. The first-order valence-corrected chi connectivity index (χ1v) is 10.4. The zero-order chi connectivity index (χ0) is 18.3. The van der Waals surface area contributed by atoms with E-state index in [-0.39, 0.29) is 5.75 Å². The van der Waals surface area contributed by atoms with E-state index < -0.39 is 7.82 Å². The lowest BCUT2D eigenvalue weighted by Crippen LogP contribution is -2.02. The summed E-state index contributed by atoms with van der Waals surface area (Å²) >= 11 is 0. The Hall–Kier alpha value is -1.61. The highest BCUT2D eigenvalue weighted by atomic mass is 31.2. The minimum atomic E-state index is -4.62. The summed E-state index contributed by atoms with van der Waals surface area (Å²) in [6.45, 7) is 4.30. The molecule has 0 aliphatic carbocycles. The highest BCUT2D eigenvalue weighted by Crippen LogP contribution is 2.44. The van der Waals surface area contributed by atoms with Crippen molar-refractivity contribution in [3.05, 3.63) is 53.6 Å². The number of phosphoric acid groups is 1. The normalized spacial score (nSPS) is 11.5. The van der Waals surface area contributed by atoms with Gasteiger partial charge in [-0.3, -0.25) is 9.79 Å². The van der Waals surface area contributed by atoms with Gasteiger partial charge < -0.3 is 4.52 Å². The fourth-order valence-corrected chi connectivity index (χ4v) is 3.44. The molecule has 25 heavy (non-hydrogen) atoms. The van der Waals surface area contributed by atoms with Crippen LogP contribution in [0.1, 0.15) is 50.7 Å². The van der Waals surface area contributed by atoms with Crippen LogP contribution in [0.3, 0.4) is 0 Å². The van der Waals surface area contributed by atoms with Crippen molar-refractivity contribution in [2.24, 2.45) is 0 Å². The smallest absolute Gasteiger partial charge is 0.404 e. The molecule has 0 unspecified atom stereocenters. The van der Waals surface area contributed by atoms with Crippen LogP contribution in [-0.4, -0.2) is 9.79 Å². The van der Waals surface area contributed by atoms with E-state index in [1.54, 1.807) is 6.07 Å². The van der Waals surface area contributed by atoms with Crippen LogP contribution in [0.2, 0.25) is 0 Å². The lowest BCUT2D eigenvalue weighted by atomic mass is 9.89. The summed E-state index contributed by atoms with van der Waals surface area (Å²) in [5.41, 5.74) is 4.13. The quantitative estimate of drug-likeness (QED) is 0.577. The summed E-state index contributed by atoms with van der Waals surface area (Å²) in [7, 11) is -4.62. The molecule has 5 heteroatoms. The highest BCUT2D eigenvalue weighted by Gasteiger charge is 2.22. The first-order chi connectivity index (χ1) is 12.0. The fourth-order valence-electron chi connectivity index (χ4n) is 3.04. The van der Waals surface area contributed by atoms with Gasteiger partial charge in [0, 0.05) is 5.56 Å². The number of hydrogen-bond acceptors (Lipinski definition) is 2. The predicted molar refractivity (Wildman–Crippen MR) is 102 cm³/mol. The standard InChI is InChI=1S/C20H27O4P/c1-3-5-10-16-14-15-19(24-25(21,22)23)20(18(16)13-6-4-2)17-11-8-7-9-12-17/h7-9,11-12,14-15H,3-6,10,13H2,1-2H3,(H2,21,22,23). The summed E-state index contributed by atoms with van der Waals surface area (Å²) in [4.78, 5) is 18.6. The molecule has 0 saturated heterocycles. The molecule has 2 aromatic rings. The number of phosphoric ester groups is 1. The van der Waals surface area contributed by atoms with E-state index in [9.17, 15) is 14.4 Å². The number of unbranched alkanes of at least 4 members (excludes halogenated alkanes) is 2. The predicted octanol–water partition coefficient (Wildman–Crippen LogP) is 5.51. The molecule has 0 spiro atoms. The van der Waals surface area contributed by atoms with Gasteiger partial charge in [0.05, 0.1) is 0 Å². The molecule has 0 aromatic heterocycles. The van der Waals surface area contributed by atoms with Crippen LogP contribution in [0.15, 0.2) is 42.5 Å². The molecule has 2 rings (SSSR count). The Morgan fingerprint density at radius 1 is 0.920 bits per heavy atom. The lowest BCUT2D eigenvalue weighted by Gasteiger charge is -2.20. The topological polar surface area (TPSA) is 66.8 Å². The fraction of sp³-hybridized carbons (Fsp3) is 0.400. The Bertz CT molecular complexity index is 722. The van der Waals surface area contributed by atoms with Crippen LogP contribution in [0.25, 0.3) is 11.1 Å². The van der Waals surface area contributed by atoms with Crippen molar-refractivity contribution in [3.8, 4) is 16.9 Å². The van der Waals surface area contributed by atoms with Crippen LogP contribution in [0.4, 0.5) is 0 Å². The van der Waals surface area contributed by atoms with Crippen molar-refractivity contribution in [2.75, 3.05) is 0 Å². The number of rotatable bonds is 9. The van der Waals surface area contributed by atoms with Crippen LogP contribution in [0, 0.1) is 0 Å². The van der Waals surface area contributed by atoms with E-state index >= 15 is 0 Å². The van der Waals surface area contributed by atoms with E-state index in [1.165, 1.54) is 5.56 Å².